The molecule has 0 bridgehead atoms. The van der Waals surface area contributed by atoms with Crippen molar-refractivity contribution in [2.75, 3.05) is 12.3 Å². The summed E-state index contributed by atoms with van der Waals surface area (Å²) in [5.74, 6) is -3.42. The fourth-order valence-corrected chi connectivity index (χ4v) is 7.81. The van der Waals surface area contributed by atoms with E-state index in [9.17, 15) is 29.1 Å². The van der Waals surface area contributed by atoms with E-state index in [-0.39, 0.29) is 18.8 Å². The number of carboxylic acids is 1. The number of hydrogen-bond acceptors (Lipinski definition) is 7. The summed E-state index contributed by atoms with van der Waals surface area (Å²) in [5.41, 5.74) is 4.19. The Labute approximate surface area is 338 Å². The van der Waals surface area contributed by atoms with Crippen molar-refractivity contribution < 1.29 is 34.2 Å². The minimum absolute atomic E-state index is 0.0889. The topological polar surface area (TPSA) is 174 Å². The maximum Gasteiger partial charge on any atom is 0.322 e. The molecular weight excluding hydrogens is 741 g/mol. The maximum absolute atomic E-state index is 13.5. The second kappa shape index (κ2) is 22.1. The summed E-state index contributed by atoms with van der Waals surface area (Å²) < 4.78 is -0.472. The third-order valence-electron chi connectivity index (χ3n) is 9.24. The highest BCUT2D eigenvalue weighted by atomic mass is 32.2. The van der Waals surface area contributed by atoms with E-state index in [4.69, 9.17) is 5.11 Å². The van der Waals surface area contributed by atoms with Gasteiger partial charge >= 0.3 is 5.97 Å². The van der Waals surface area contributed by atoms with E-state index in [1.807, 2.05) is 66.7 Å². The molecule has 0 aliphatic rings. The van der Waals surface area contributed by atoms with Crippen molar-refractivity contribution in [2.45, 2.75) is 69.0 Å². The Bertz CT molecular complexity index is 1830. The quantitative estimate of drug-likeness (QED) is 0.0390. The number of thioether (sulfide) groups is 1. The van der Waals surface area contributed by atoms with Gasteiger partial charge in [0.05, 0.1) is 17.3 Å². The van der Waals surface area contributed by atoms with Gasteiger partial charge in [-0.25, -0.2) is 0 Å². The molecule has 11 nitrogen and oxygen atoms in total. The molecule has 57 heavy (non-hydrogen) atoms. The average molecular weight is 793 g/mol. The molecule has 0 aliphatic heterocycles. The van der Waals surface area contributed by atoms with Gasteiger partial charge in [-0.3, -0.25) is 24.0 Å². The van der Waals surface area contributed by atoms with Gasteiger partial charge in [0.25, 0.3) is 0 Å². The molecular formula is C45H52N4O7S. The van der Waals surface area contributed by atoms with Gasteiger partial charge in [-0.15, -0.1) is 11.8 Å². The number of aliphatic carboxylic acids is 1. The van der Waals surface area contributed by atoms with E-state index < -0.39 is 65.1 Å². The Hall–Kier alpha value is -5.72. The number of carbonyl (C=O) groups excluding carboxylic acids is 4. The van der Waals surface area contributed by atoms with Crippen molar-refractivity contribution in [1.82, 2.24) is 21.3 Å². The number of carbonyl (C=O) groups is 5. The number of rotatable bonds is 21. The van der Waals surface area contributed by atoms with E-state index in [1.54, 1.807) is 56.0 Å². The van der Waals surface area contributed by atoms with Crippen molar-refractivity contribution in [2.24, 2.45) is 5.92 Å². The third-order valence-corrected chi connectivity index (χ3v) is 10.8. The first-order valence-corrected chi connectivity index (χ1v) is 20.0. The Morgan fingerprint density at radius 2 is 1.19 bits per heavy atom. The predicted octanol–water partition coefficient (Wildman–Crippen LogP) is 4.98. The monoisotopic (exact) mass is 792 g/mol. The number of aliphatic hydroxyl groups excluding tert-OH is 1. The van der Waals surface area contributed by atoms with Crippen molar-refractivity contribution in [3.63, 3.8) is 0 Å². The standard InChI is InChI=1S/C45H52N4O7S/c1-31(2)41(44(56)46-30-40(52)53)49-43(55)38(28-33-18-8-4-9-19-33)48-42(54)32(3)47-39(51)29-37(50)26-16-17-27-57-45(34-20-10-5-11-21-34,35-22-12-6-13-23-35)36-24-14-7-15-25-36/h4-16,18-26,31-32,37-38,41,50H,17,27-30H2,1-3H3,(H,46,56)(H,47,51)(H,48,54)(H,49,55)(H,52,53). The third kappa shape index (κ3) is 13.2. The SMILES string of the molecule is CC(NC(=O)CC(O)C=CCCSC(c1ccccc1)(c1ccccc1)c1ccccc1)C(=O)NC(Cc1ccccc1)C(=O)NC(C(=O)NCC(=O)O)C(C)C. The molecule has 0 saturated carbocycles. The molecule has 4 atom stereocenters. The number of allylic oxidation sites excluding steroid dienone is 1. The molecule has 300 valence electrons. The molecule has 0 fully saturated rings. The summed E-state index contributed by atoms with van der Waals surface area (Å²) in [6.45, 7) is 4.26. The normalized spacial score (nSPS) is 13.6. The van der Waals surface area contributed by atoms with Crippen LogP contribution in [0.2, 0.25) is 0 Å². The Morgan fingerprint density at radius 1 is 0.684 bits per heavy atom. The molecule has 0 spiro atoms. The van der Waals surface area contributed by atoms with Crippen LogP contribution in [-0.2, 0) is 35.1 Å². The van der Waals surface area contributed by atoms with Gasteiger partial charge in [-0.1, -0.05) is 147 Å². The molecule has 0 heterocycles. The molecule has 0 aliphatic carbocycles. The number of benzene rings is 4. The van der Waals surface area contributed by atoms with Gasteiger partial charge in [0.2, 0.25) is 23.6 Å². The van der Waals surface area contributed by atoms with Gasteiger partial charge < -0.3 is 31.5 Å². The number of amides is 4. The lowest BCUT2D eigenvalue weighted by molar-refractivity contribution is -0.139. The Morgan fingerprint density at radius 3 is 1.68 bits per heavy atom. The molecule has 4 aromatic rings. The van der Waals surface area contributed by atoms with E-state index in [2.05, 4.69) is 57.7 Å². The van der Waals surface area contributed by atoms with Crippen LogP contribution in [0.15, 0.2) is 133 Å². The van der Waals surface area contributed by atoms with Crippen molar-refractivity contribution in [1.29, 1.82) is 0 Å². The lowest BCUT2D eigenvalue weighted by atomic mass is 9.84. The van der Waals surface area contributed by atoms with Crippen LogP contribution in [0, 0.1) is 5.92 Å². The second-order valence-corrected chi connectivity index (χ2v) is 15.3. The smallest absolute Gasteiger partial charge is 0.322 e. The number of nitrogens with one attached hydrogen (secondary N) is 4. The summed E-state index contributed by atoms with van der Waals surface area (Å²) in [6.07, 6.45) is 2.78. The van der Waals surface area contributed by atoms with Crippen LogP contribution in [0.1, 0.15) is 55.9 Å². The van der Waals surface area contributed by atoms with Crippen LogP contribution in [0.3, 0.4) is 0 Å². The Balaban J connectivity index is 1.35. The lowest BCUT2D eigenvalue weighted by Crippen LogP contribution is -2.58. The first kappa shape index (κ1) is 44.0. The summed E-state index contributed by atoms with van der Waals surface area (Å²) in [6, 6.07) is 36.8. The zero-order valence-electron chi connectivity index (χ0n) is 32.5. The van der Waals surface area contributed by atoms with E-state index in [0.717, 1.165) is 22.3 Å². The highest BCUT2D eigenvalue weighted by Crippen LogP contribution is 2.48. The van der Waals surface area contributed by atoms with Crippen LogP contribution in [0.25, 0.3) is 0 Å². The van der Waals surface area contributed by atoms with Crippen LogP contribution in [0.5, 0.6) is 0 Å². The number of aliphatic hydroxyl groups is 1. The van der Waals surface area contributed by atoms with E-state index in [1.165, 1.54) is 6.92 Å². The van der Waals surface area contributed by atoms with E-state index >= 15 is 0 Å². The zero-order chi connectivity index (χ0) is 41.2. The predicted molar refractivity (Wildman–Crippen MR) is 223 cm³/mol. The second-order valence-electron chi connectivity index (χ2n) is 14.0. The van der Waals surface area contributed by atoms with Gasteiger partial charge in [0.1, 0.15) is 24.7 Å². The van der Waals surface area contributed by atoms with Crippen LogP contribution in [-0.4, -0.2) is 76.3 Å². The van der Waals surface area contributed by atoms with Crippen LogP contribution in [0.4, 0.5) is 0 Å². The minimum atomic E-state index is -1.23. The average Bonchev–Trinajstić information content (AvgIpc) is 3.21. The van der Waals surface area contributed by atoms with Gasteiger partial charge in [0, 0.05) is 6.42 Å². The van der Waals surface area contributed by atoms with Crippen LogP contribution < -0.4 is 21.3 Å². The number of carboxylic acid groups (broad SMARTS) is 1. The molecule has 6 N–H and O–H groups in total. The molecule has 0 radical (unpaired) electrons. The fourth-order valence-electron chi connectivity index (χ4n) is 6.34. The van der Waals surface area contributed by atoms with Gasteiger partial charge in [-0.05, 0) is 47.3 Å². The molecule has 0 aromatic heterocycles. The molecule has 12 heteroatoms. The molecule has 0 saturated heterocycles. The summed E-state index contributed by atoms with van der Waals surface area (Å²) in [5, 5.41) is 29.9. The first-order chi connectivity index (χ1) is 27.4. The molecule has 4 amide bonds. The fraction of sp³-hybridized carbons (Fsp3) is 0.311. The lowest BCUT2D eigenvalue weighted by Gasteiger charge is -2.35. The molecule has 4 unspecified atom stereocenters. The van der Waals surface area contributed by atoms with Crippen molar-refractivity contribution >= 4 is 41.4 Å². The highest BCUT2D eigenvalue weighted by Gasteiger charge is 2.36. The highest BCUT2D eigenvalue weighted by molar-refractivity contribution is 8.00. The summed E-state index contributed by atoms with van der Waals surface area (Å²) in [7, 11) is 0. The van der Waals surface area contributed by atoms with E-state index in [0.29, 0.717) is 12.2 Å². The largest absolute Gasteiger partial charge is 0.480 e. The Kier molecular flexibility index (Phi) is 17.1. The summed E-state index contributed by atoms with van der Waals surface area (Å²) >= 11 is 1.80. The summed E-state index contributed by atoms with van der Waals surface area (Å²) in [4.78, 5) is 63.4. The van der Waals surface area contributed by atoms with Gasteiger partial charge in [0.15, 0.2) is 0 Å². The molecule has 4 aromatic carbocycles. The first-order valence-electron chi connectivity index (χ1n) is 19.0. The van der Waals surface area contributed by atoms with Crippen molar-refractivity contribution in [3.8, 4) is 0 Å². The maximum atomic E-state index is 13.5. The van der Waals surface area contributed by atoms with Gasteiger partial charge in [-0.2, -0.15) is 0 Å². The van der Waals surface area contributed by atoms with Crippen molar-refractivity contribution in [3.05, 3.63) is 156 Å². The number of hydrogen-bond donors (Lipinski definition) is 6. The molecule has 4 rings (SSSR count). The minimum Gasteiger partial charge on any atom is -0.480 e. The zero-order valence-corrected chi connectivity index (χ0v) is 33.3. The van der Waals surface area contributed by atoms with Crippen LogP contribution >= 0.6 is 11.8 Å².